The van der Waals surface area contributed by atoms with E-state index in [2.05, 4.69) is 14.2 Å². The van der Waals surface area contributed by atoms with Gasteiger partial charge in [-0.25, -0.2) is 0 Å². The largest absolute Gasteiger partial charge is 0.325 e. The van der Waals surface area contributed by atoms with Gasteiger partial charge in [0, 0.05) is 18.4 Å². The van der Waals surface area contributed by atoms with E-state index in [1.54, 1.807) is 0 Å². The lowest BCUT2D eigenvalue weighted by molar-refractivity contribution is 0.965. The van der Waals surface area contributed by atoms with E-state index in [9.17, 15) is 0 Å². The number of pyridine rings is 1. The van der Waals surface area contributed by atoms with Crippen molar-refractivity contribution in [2.75, 3.05) is 0 Å². The highest BCUT2D eigenvalue weighted by Gasteiger charge is 1.91. The normalized spacial score (nSPS) is 9.80. The molecule has 2 N–H and O–H groups in total. The second-order valence-corrected chi connectivity index (χ2v) is 2.44. The molecule has 1 atom stereocenters. The monoisotopic (exact) mass is 154 g/mol. The average Bonchev–Trinajstić information content (AvgIpc) is 2.05. The van der Waals surface area contributed by atoms with Crippen LogP contribution in [-0.2, 0) is 12.7 Å². The van der Waals surface area contributed by atoms with Crippen LogP contribution in [-0.4, -0.2) is 4.98 Å². The highest BCUT2D eigenvalue weighted by atomic mass is 31.0. The third-order valence-corrected chi connectivity index (χ3v) is 1.70. The van der Waals surface area contributed by atoms with Gasteiger partial charge in [-0.3, -0.25) is 4.98 Å². The molecule has 0 spiro atoms. The van der Waals surface area contributed by atoms with Crippen molar-refractivity contribution in [1.82, 2.24) is 4.98 Å². The Hall–Kier alpha value is -0.460. The zero-order chi connectivity index (χ0) is 7.40. The molecule has 0 aliphatic carbocycles. The quantitative estimate of drug-likeness (QED) is 0.643. The van der Waals surface area contributed by atoms with Crippen LogP contribution in [0.15, 0.2) is 18.2 Å². The summed E-state index contributed by atoms with van der Waals surface area (Å²) in [6.07, 6.45) is 0.897. The first-order valence-electron chi connectivity index (χ1n) is 3.21. The molecule has 0 aliphatic heterocycles. The van der Waals surface area contributed by atoms with Crippen molar-refractivity contribution >= 4 is 9.24 Å². The fourth-order valence-corrected chi connectivity index (χ4v) is 0.984. The molecule has 2 nitrogen and oxygen atoms in total. The summed E-state index contributed by atoms with van der Waals surface area (Å²) in [5.41, 5.74) is 7.44. The lowest BCUT2D eigenvalue weighted by Gasteiger charge is -1.97. The van der Waals surface area contributed by atoms with Crippen LogP contribution in [0, 0.1) is 0 Å². The van der Waals surface area contributed by atoms with Gasteiger partial charge in [0.05, 0.1) is 5.69 Å². The van der Waals surface area contributed by atoms with Gasteiger partial charge in [0.1, 0.15) is 0 Å². The number of rotatable bonds is 2. The standard InChI is InChI=1S/C7H11N2P/c8-4-6-2-1-3-7(5-10)9-6/h1-3H,4-5,8,10H2. The van der Waals surface area contributed by atoms with E-state index in [0.29, 0.717) is 6.54 Å². The number of nitrogens with zero attached hydrogens (tertiary/aromatic N) is 1. The second kappa shape index (κ2) is 3.65. The summed E-state index contributed by atoms with van der Waals surface area (Å²) in [7, 11) is 2.63. The Morgan fingerprint density at radius 3 is 2.70 bits per heavy atom. The Labute approximate surface area is 63.1 Å². The van der Waals surface area contributed by atoms with Crippen molar-refractivity contribution < 1.29 is 0 Å². The van der Waals surface area contributed by atoms with Gasteiger partial charge >= 0.3 is 0 Å². The molecule has 0 saturated heterocycles. The van der Waals surface area contributed by atoms with Gasteiger partial charge in [0.2, 0.25) is 0 Å². The fraction of sp³-hybridized carbons (Fsp3) is 0.286. The van der Waals surface area contributed by atoms with Crippen LogP contribution in [0.25, 0.3) is 0 Å². The van der Waals surface area contributed by atoms with Crippen LogP contribution in [0.4, 0.5) is 0 Å². The fourth-order valence-electron chi connectivity index (χ4n) is 0.757. The van der Waals surface area contributed by atoms with E-state index < -0.39 is 0 Å². The summed E-state index contributed by atoms with van der Waals surface area (Å²) in [5.74, 6) is 0. The topological polar surface area (TPSA) is 38.9 Å². The van der Waals surface area contributed by atoms with Crippen LogP contribution in [0.1, 0.15) is 11.4 Å². The molecule has 0 saturated carbocycles. The summed E-state index contributed by atoms with van der Waals surface area (Å²) in [4.78, 5) is 4.26. The van der Waals surface area contributed by atoms with Crippen molar-refractivity contribution in [3.8, 4) is 0 Å². The minimum atomic E-state index is 0.526. The van der Waals surface area contributed by atoms with Crippen molar-refractivity contribution in [2.45, 2.75) is 12.7 Å². The molecule has 1 unspecified atom stereocenters. The lowest BCUT2D eigenvalue weighted by Crippen LogP contribution is -2.00. The van der Waals surface area contributed by atoms with Gasteiger partial charge in [-0.2, -0.15) is 0 Å². The van der Waals surface area contributed by atoms with E-state index in [4.69, 9.17) is 5.73 Å². The SMILES string of the molecule is NCc1cccc(CP)n1. The molecular weight excluding hydrogens is 143 g/mol. The third kappa shape index (κ3) is 1.76. The smallest absolute Gasteiger partial charge is 0.0542 e. The summed E-state index contributed by atoms with van der Waals surface area (Å²) < 4.78 is 0. The van der Waals surface area contributed by atoms with Gasteiger partial charge in [0.15, 0.2) is 0 Å². The van der Waals surface area contributed by atoms with Gasteiger partial charge in [-0.15, -0.1) is 9.24 Å². The van der Waals surface area contributed by atoms with Crippen LogP contribution in [0.2, 0.25) is 0 Å². The maximum absolute atomic E-state index is 5.40. The van der Waals surface area contributed by atoms with Gasteiger partial charge in [0.25, 0.3) is 0 Å². The summed E-state index contributed by atoms with van der Waals surface area (Å²) in [5, 5.41) is 0. The Kier molecular flexibility index (Phi) is 2.79. The first-order chi connectivity index (χ1) is 4.86. The van der Waals surface area contributed by atoms with Crippen LogP contribution in [0.5, 0.6) is 0 Å². The zero-order valence-corrected chi connectivity index (χ0v) is 6.90. The molecule has 0 aliphatic rings. The highest BCUT2D eigenvalue weighted by Crippen LogP contribution is 2.02. The molecule has 1 heterocycles. The van der Waals surface area contributed by atoms with Crippen LogP contribution in [0.3, 0.4) is 0 Å². The first kappa shape index (κ1) is 7.64. The number of aromatic nitrogens is 1. The summed E-state index contributed by atoms with van der Waals surface area (Å²) >= 11 is 0. The molecular formula is C7H11N2P. The van der Waals surface area contributed by atoms with Crippen molar-refractivity contribution in [3.05, 3.63) is 29.6 Å². The van der Waals surface area contributed by atoms with Crippen LogP contribution >= 0.6 is 9.24 Å². The molecule has 0 radical (unpaired) electrons. The van der Waals surface area contributed by atoms with Crippen molar-refractivity contribution in [3.63, 3.8) is 0 Å². The molecule has 1 aromatic rings. The minimum Gasteiger partial charge on any atom is -0.325 e. The maximum atomic E-state index is 5.40. The Morgan fingerprint density at radius 1 is 1.40 bits per heavy atom. The number of nitrogens with two attached hydrogens (primary N) is 1. The van der Waals surface area contributed by atoms with E-state index in [1.807, 2.05) is 18.2 Å². The average molecular weight is 154 g/mol. The summed E-state index contributed by atoms with van der Waals surface area (Å²) in [6.45, 7) is 0.526. The number of hydrogen-bond acceptors (Lipinski definition) is 2. The van der Waals surface area contributed by atoms with E-state index in [0.717, 1.165) is 17.5 Å². The maximum Gasteiger partial charge on any atom is 0.0542 e. The second-order valence-electron chi connectivity index (χ2n) is 2.03. The molecule has 1 rings (SSSR count). The van der Waals surface area contributed by atoms with Gasteiger partial charge < -0.3 is 5.73 Å². The predicted molar refractivity (Wildman–Crippen MR) is 45.5 cm³/mol. The Balaban J connectivity index is 2.87. The highest BCUT2D eigenvalue weighted by molar-refractivity contribution is 7.15. The third-order valence-electron chi connectivity index (χ3n) is 1.28. The number of hydrogen-bond donors (Lipinski definition) is 1. The molecule has 10 heavy (non-hydrogen) atoms. The molecule has 0 amide bonds. The predicted octanol–water partition coefficient (Wildman–Crippen LogP) is 0.915. The minimum absolute atomic E-state index is 0.526. The van der Waals surface area contributed by atoms with Crippen molar-refractivity contribution in [1.29, 1.82) is 0 Å². The summed E-state index contributed by atoms with van der Waals surface area (Å²) in [6, 6.07) is 5.91. The lowest BCUT2D eigenvalue weighted by atomic mass is 10.3. The van der Waals surface area contributed by atoms with Gasteiger partial charge in [-0.1, -0.05) is 6.07 Å². The Bertz CT molecular complexity index is 193. The van der Waals surface area contributed by atoms with E-state index in [1.165, 1.54) is 0 Å². The van der Waals surface area contributed by atoms with E-state index >= 15 is 0 Å². The molecule has 0 aromatic carbocycles. The van der Waals surface area contributed by atoms with E-state index in [-0.39, 0.29) is 0 Å². The zero-order valence-electron chi connectivity index (χ0n) is 5.75. The first-order valence-corrected chi connectivity index (χ1v) is 4.03. The molecule has 3 heteroatoms. The molecule has 0 bridgehead atoms. The van der Waals surface area contributed by atoms with Crippen molar-refractivity contribution in [2.24, 2.45) is 5.73 Å². The van der Waals surface area contributed by atoms with Crippen LogP contribution < -0.4 is 5.73 Å². The molecule has 54 valence electrons. The Morgan fingerprint density at radius 2 is 2.10 bits per heavy atom. The molecule has 0 fully saturated rings. The van der Waals surface area contributed by atoms with Gasteiger partial charge in [-0.05, 0) is 12.1 Å². The molecule has 1 aromatic heterocycles.